The van der Waals surface area contributed by atoms with Crippen molar-refractivity contribution in [1.29, 1.82) is 0 Å². The lowest BCUT2D eigenvalue weighted by molar-refractivity contribution is -0.176. The summed E-state index contributed by atoms with van der Waals surface area (Å²) < 4.78 is 32.6. The summed E-state index contributed by atoms with van der Waals surface area (Å²) in [6.45, 7) is 5.81. The van der Waals surface area contributed by atoms with Gasteiger partial charge in [0.1, 0.15) is 6.10 Å². The molecule has 1 N–H and O–H groups in total. The number of ether oxygens (including phenoxy) is 1. The first-order valence-corrected chi connectivity index (χ1v) is 10.6. The average molecular weight is 382 g/mol. The van der Waals surface area contributed by atoms with Gasteiger partial charge in [0.25, 0.3) is 6.08 Å². The molecule has 4 fully saturated rings. The molecule has 0 radical (unpaired) electrons. The number of aliphatic hydroxyl groups is 1. The largest absolute Gasteiger partial charge is 0.463 e. The number of rotatable bonds is 1. The molecule has 4 aliphatic rings. The Bertz CT molecular complexity index is 658. The Morgan fingerprint density at radius 2 is 1.85 bits per heavy atom. The summed E-state index contributed by atoms with van der Waals surface area (Å²) in [6.07, 6.45) is 4.40. The Hall–Kier alpha value is -0.970. The van der Waals surface area contributed by atoms with Crippen molar-refractivity contribution < 1.29 is 23.4 Å². The summed E-state index contributed by atoms with van der Waals surface area (Å²) in [5.74, 6) is 0.763. The van der Waals surface area contributed by atoms with E-state index < -0.39 is 17.6 Å². The third kappa shape index (κ3) is 2.87. The molecular weight excluding hydrogens is 350 g/mol. The van der Waals surface area contributed by atoms with Crippen LogP contribution in [0.25, 0.3) is 0 Å². The van der Waals surface area contributed by atoms with Crippen molar-refractivity contribution in [2.24, 2.45) is 34.5 Å². The zero-order valence-corrected chi connectivity index (χ0v) is 16.6. The lowest BCUT2D eigenvalue weighted by atomic mass is 9.44. The minimum absolute atomic E-state index is 0.0418. The van der Waals surface area contributed by atoms with Crippen molar-refractivity contribution in [2.45, 2.75) is 84.3 Å². The Labute approximate surface area is 160 Å². The van der Waals surface area contributed by atoms with Gasteiger partial charge in [-0.15, -0.1) is 0 Å². The molecule has 0 heterocycles. The number of carbonyl (C=O) groups excluding carboxylic acids is 1. The van der Waals surface area contributed by atoms with E-state index in [1.807, 2.05) is 6.92 Å². The highest BCUT2D eigenvalue weighted by atomic mass is 19.3. The molecule has 0 saturated heterocycles. The van der Waals surface area contributed by atoms with Crippen LogP contribution in [0.3, 0.4) is 0 Å². The van der Waals surface area contributed by atoms with Gasteiger partial charge in [-0.3, -0.25) is 4.79 Å². The zero-order valence-electron chi connectivity index (χ0n) is 16.6. The molecular formula is C22H32F2O3. The number of hydrogen-bond donors (Lipinski definition) is 1. The van der Waals surface area contributed by atoms with Crippen molar-refractivity contribution in [2.75, 3.05) is 0 Å². The average Bonchev–Trinajstić information content (AvgIpc) is 2.93. The Morgan fingerprint density at radius 3 is 2.52 bits per heavy atom. The van der Waals surface area contributed by atoms with E-state index in [-0.39, 0.29) is 29.3 Å². The van der Waals surface area contributed by atoms with Crippen LogP contribution < -0.4 is 0 Å². The number of halogens is 2. The van der Waals surface area contributed by atoms with E-state index >= 15 is 0 Å². The monoisotopic (exact) mass is 382 g/mol. The minimum Gasteiger partial charge on any atom is -0.463 e. The second-order valence-corrected chi connectivity index (χ2v) is 10.0. The standard InChI is InChI=1S/C22H32F2O3/c1-12(25)27-14-6-8-21(2)13(10-14)11-18(26)19-15-4-5-17(20(23)24)22(15,3)9-7-16(19)21/h13-16,18-19,26H,4-11H2,1-3H3/t13?,14-,15?,16?,18-,19?,21?,22-/m0/s1. The highest BCUT2D eigenvalue weighted by Gasteiger charge is 2.62. The molecule has 0 spiro atoms. The van der Waals surface area contributed by atoms with E-state index in [9.17, 15) is 18.7 Å². The van der Waals surface area contributed by atoms with E-state index in [1.165, 1.54) is 6.92 Å². The van der Waals surface area contributed by atoms with Gasteiger partial charge in [0, 0.05) is 12.5 Å². The molecule has 5 unspecified atom stereocenters. The fourth-order valence-electron chi connectivity index (χ4n) is 7.65. The van der Waals surface area contributed by atoms with Gasteiger partial charge in [-0.05, 0) is 85.9 Å². The number of hydrogen-bond acceptors (Lipinski definition) is 3. The van der Waals surface area contributed by atoms with Crippen LogP contribution in [0.15, 0.2) is 11.7 Å². The molecule has 0 aromatic rings. The summed E-state index contributed by atoms with van der Waals surface area (Å²) in [5, 5.41) is 11.1. The minimum atomic E-state index is -1.49. The van der Waals surface area contributed by atoms with Crippen LogP contribution in [0, 0.1) is 34.5 Å². The van der Waals surface area contributed by atoms with E-state index in [2.05, 4.69) is 6.92 Å². The zero-order chi connectivity index (χ0) is 19.6. The molecule has 5 heteroatoms. The topological polar surface area (TPSA) is 46.5 Å². The van der Waals surface area contributed by atoms with Gasteiger partial charge in [0.05, 0.1) is 6.10 Å². The molecule has 8 atom stereocenters. The Balaban J connectivity index is 1.61. The summed E-state index contributed by atoms with van der Waals surface area (Å²) in [6, 6.07) is 0. The van der Waals surface area contributed by atoms with E-state index in [4.69, 9.17) is 4.74 Å². The first kappa shape index (κ1) is 19.4. The summed E-state index contributed by atoms with van der Waals surface area (Å²) >= 11 is 0. The van der Waals surface area contributed by atoms with Crippen LogP contribution in [0.2, 0.25) is 0 Å². The lowest BCUT2D eigenvalue weighted by Gasteiger charge is -2.61. The van der Waals surface area contributed by atoms with Gasteiger partial charge in [-0.1, -0.05) is 13.8 Å². The van der Waals surface area contributed by atoms with Crippen molar-refractivity contribution in [1.82, 2.24) is 0 Å². The maximum Gasteiger partial charge on any atom is 0.302 e. The number of fused-ring (bicyclic) bond motifs is 5. The van der Waals surface area contributed by atoms with Crippen molar-refractivity contribution in [3.63, 3.8) is 0 Å². The fourth-order valence-corrected chi connectivity index (χ4v) is 7.65. The van der Waals surface area contributed by atoms with Crippen LogP contribution in [-0.4, -0.2) is 23.3 Å². The molecule has 3 nitrogen and oxygen atoms in total. The summed E-state index contributed by atoms with van der Waals surface area (Å²) in [4.78, 5) is 11.4. The molecule has 0 amide bonds. The Morgan fingerprint density at radius 1 is 1.11 bits per heavy atom. The van der Waals surface area contributed by atoms with E-state index in [0.717, 1.165) is 38.5 Å². The number of aliphatic hydroxyl groups excluding tert-OH is 1. The molecule has 4 rings (SSSR count). The van der Waals surface area contributed by atoms with Gasteiger partial charge in [0.15, 0.2) is 0 Å². The van der Waals surface area contributed by atoms with Crippen LogP contribution in [-0.2, 0) is 9.53 Å². The second-order valence-electron chi connectivity index (χ2n) is 10.0. The summed E-state index contributed by atoms with van der Waals surface area (Å²) in [7, 11) is 0. The van der Waals surface area contributed by atoms with Crippen LogP contribution in [0.1, 0.15) is 72.1 Å². The predicted molar refractivity (Wildman–Crippen MR) is 97.9 cm³/mol. The third-order valence-corrected chi connectivity index (χ3v) is 8.98. The Kier molecular flexibility index (Phi) is 4.68. The van der Waals surface area contributed by atoms with Gasteiger partial charge in [0.2, 0.25) is 0 Å². The molecule has 0 aromatic carbocycles. The van der Waals surface area contributed by atoms with E-state index in [0.29, 0.717) is 30.3 Å². The van der Waals surface area contributed by atoms with Gasteiger partial charge in [-0.25, -0.2) is 0 Å². The first-order chi connectivity index (χ1) is 12.7. The highest BCUT2D eigenvalue weighted by molar-refractivity contribution is 5.66. The molecule has 4 saturated carbocycles. The normalized spacial score (nSPS) is 49.0. The quantitative estimate of drug-likeness (QED) is 0.643. The molecule has 152 valence electrons. The predicted octanol–water partition coefficient (Wildman–Crippen LogP) is 5.08. The van der Waals surface area contributed by atoms with Crippen LogP contribution in [0.4, 0.5) is 8.78 Å². The van der Waals surface area contributed by atoms with Crippen LogP contribution in [0.5, 0.6) is 0 Å². The number of esters is 1. The second kappa shape index (κ2) is 6.53. The van der Waals surface area contributed by atoms with Crippen molar-refractivity contribution in [3.05, 3.63) is 11.7 Å². The smallest absolute Gasteiger partial charge is 0.302 e. The fraction of sp³-hybridized carbons (Fsp3) is 0.864. The van der Waals surface area contributed by atoms with Crippen molar-refractivity contribution >= 4 is 5.97 Å². The van der Waals surface area contributed by atoms with Crippen LogP contribution >= 0.6 is 0 Å². The van der Waals surface area contributed by atoms with Crippen molar-refractivity contribution in [3.8, 4) is 0 Å². The number of allylic oxidation sites excluding steroid dienone is 1. The molecule has 27 heavy (non-hydrogen) atoms. The van der Waals surface area contributed by atoms with Gasteiger partial charge >= 0.3 is 5.97 Å². The molecule has 0 bridgehead atoms. The first-order valence-electron chi connectivity index (χ1n) is 10.6. The SMILES string of the molecule is CC(=O)O[C@H]1CCC2(C)C(C1)C[C@H](O)C1C2CC[C@]2(C)C(=C(F)F)CCC12. The lowest BCUT2D eigenvalue weighted by Crippen LogP contribution is -2.58. The number of carbonyl (C=O) groups is 1. The molecule has 0 aliphatic heterocycles. The summed E-state index contributed by atoms with van der Waals surface area (Å²) in [5.41, 5.74) is 0.0193. The van der Waals surface area contributed by atoms with Gasteiger partial charge < -0.3 is 9.84 Å². The molecule has 4 aliphatic carbocycles. The van der Waals surface area contributed by atoms with Gasteiger partial charge in [-0.2, -0.15) is 8.78 Å². The molecule has 0 aromatic heterocycles. The third-order valence-electron chi connectivity index (χ3n) is 8.98. The van der Waals surface area contributed by atoms with E-state index in [1.54, 1.807) is 0 Å². The maximum atomic E-state index is 13.5. The maximum absolute atomic E-state index is 13.5. The highest BCUT2D eigenvalue weighted by Crippen LogP contribution is 2.67.